The Hall–Kier alpha value is -1.98. The van der Waals surface area contributed by atoms with Crippen LogP contribution in [0.4, 0.5) is 0 Å². The zero-order valence-corrected chi connectivity index (χ0v) is 11.7. The highest BCUT2D eigenvalue weighted by molar-refractivity contribution is 6.31. The number of nitrogens with zero attached hydrogens (tertiary/aromatic N) is 1. The molecular weight excluding hydrogens is 258 g/mol. The van der Waals surface area contributed by atoms with Gasteiger partial charge in [-0.3, -0.25) is 0 Å². The van der Waals surface area contributed by atoms with Crippen LogP contribution in [-0.4, -0.2) is 11.6 Å². The largest absolute Gasteiger partial charge is 0.481 e. The molecule has 0 saturated carbocycles. The van der Waals surface area contributed by atoms with Crippen molar-refractivity contribution in [2.75, 3.05) is 6.61 Å². The van der Waals surface area contributed by atoms with Crippen molar-refractivity contribution < 1.29 is 4.74 Å². The van der Waals surface area contributed by atoms with Gasteiger partial charge in [0, 0.05) is 10.7 Å². The van der Waals surface area contributed by atoms with Crippen LogP contribution in [0.25, 0.3) is 0 Å². The lowest BCUT2D eigenvalue weighted by Gasteiger charge is -2.03. The first kappa shape index (κ1) is 13.5. The molecule has 2 nitrogen and oxygen atoms in total. The summed E-state index contributed by atoms with van der Waals surface area (Å²) in [7, 11) is 0. The van der Waals surface area contributed by atoms with Crippen LogP contribution in [0.1, 0.15) is 17.0 Å². The van der Waals surface area contributed by atoms with Crippen molar-refractivity contribution in [3.63, 3.8) is 0 Å². The maximum absolute atomic E-state index is 5.95. The van der Waals surface area contributed by atoms with Gasteiger partial charge in [0.15, 0.2) is 0 Å². The average molecular weight is 272 g/mol. The van der Waals surface area contributed by atoms with Crippen LogP contribution in [0.15, 0.2) is 36.4 Å². The third-order valence-electron chi connectivity index (χ3n) is 2.55. The van der Waals surface area contributed by atoms with Crippen LogP contribution in [0.2, 0.25) is 5.02 Å². The highest BCUT2D eigenvalue weighted by atomic mass is 35.5. The minimum Gasteiger partial charge on any atom is -0.481 e. The number of benzene rings is 1. The van der Waals surface area contributed by atoms with Gasteiger partial charge in [-0.1, -0.05) is 23.6 Å². The zero-order valence-electron chi connectivity index (χ0n) is 10.9. The Balaban J connectivity index is 1.95. The summed E-state index contributed by atoms with van der Waals surface area (Å²) in [6, 6.07) is 11.3. The second-order valence-electron chi connectivity index (χ2n) is 4.17. The van der Waals surface area contributed by atoms with Gasteiger partial charge < -0.3 is 4.74 Å². The summed E-state index contributed by atoms with van der Waals surface area (Å²) in [6.07, 6.45) is 0. The zero-order chi connectivity index (χ0) is 13.7. The van der Waals surface area contributed by atoms with Crippen LogP contribution < -0.4 is 4.74 Å². The van der Waals surface area contributed by atoms with Gasteiger partial charge in [0.2, 0.25) is 0 Å². The Labute approximate surface area is 118 Å². The normalized spacial score (nSPS) is 9.63. The van der Waals surface area contributed by atoms with Gasteiger partial charge in [-0.05, 0) is 55.7 Å². The Bertz CT molecular complexity index is 641. The summed E-state index contributed by atoms with van der Waals surface area (Å²) in [5.74, 6) is 6.68. The van der Waals surface area contributed by atoms with E-state index in [9.17, 15) is 0 Å². The lowest BCUT2D eigenvalue weighted by Crippen LogP contribution is -1.94. The van der Waals surface area contributed by atoms with Gasteiger partial charge in [0.05, 0.1) is 0 Å². The van der Waals surface area contributed by atoms with E-state index >= 15 is 0 Å². The molecule has 19 heavy (non-hydrogen) atoms. The summed E-state index contributed by atoms with van der Waals surface area (Å²) in [6.45, 7) is 4.21. The molecule has 2 aromatic rings. The predicted octanol–water partition coefficient (Wildman–Crippen LogP) is 3.78. The molecule has 0 bridgehead atoms. The number of ether oxygens (including phenoxy) is 1. The fraction of sp³-hybridized carbons (Fsp3) is 0.188. The first-order chi connectivity index (χ1) is 9.15. The Morgan fingerprint density at radius 3 is 2.79 bits per heavy atom. The van der Waals surface area contributed by atoms with Gasteiger partial charge in [-0.25, -0.2) is 4.98 Å². The molecule has 0 unspecified atom stereocenters. The summed E-state index contributed by atoms with van der Waals surface area (Å²) in [5.41, 5.74) is 2.71. The highest BCUT2D eigenvalue weighted by Gasteiger charge is 1.97. The third kappa shape index (κ3) is 4.01. The van der Waals surface area contributed by atoms with Gasteiger partial charge >= 0.3 is 0 Å². The van der Waals surface area contributed by atoms with Crippen molar-refractivity contribution in [1.82, 2.24) is 4.98 Å². The third-order valence-corrected chi connectivity index (χ3v) is 2.97. The second kappa shape index (κ2) is 6.26. The van der Waals surface area contributed by atoms with E-state index in [4.69, 9.17) is 16.3 Å². The first-order valence-corrected chi connectivity index (χ1v) is 6.34. The number of rotatable bonds is 2. The van der Waals surface area contributed by atoms with Gasteiger partial charge in [0.25, 0.3) is 0 Å². The van der Waals surface area contributed by atoms with Gasteiger partial charge in [0.1, 0.15) is 18.1 Å². The minimum absolute atomic E-state index is 0.330. The maximum atomic E-state index is 5.95. The molecule has 1 aromatic carbocycles. The Morgan fingerprint density at radius 1 is 1.21 bits per heavy atom. The van der Waals surface area contributed by atoms with E-state index in [0.717, 1.165) is 27.7 Å². The lowest BCUT2D eigenvalue weighted by molar-refractivity contribution is 0.370. The molecule has 1 heterocycles. The average Bonchev–Trinajstić information content (AvgIpc) is 2.39. The van der Waals surface area contributed by atoms with Crippen molar-refractivity contribution in [2.24, 2.45) is 0 Å². The maximum Gasteiger partial charge on any atom is 0.149 e. The van der Waals surface area contributed by atoms with E-state index in [2.05, 4.69) is 16.8 Å². The van der Waals surface area contributed by atoms with Crippen LogP contribution in [0.3, 0.4) is 0 Å². The van der Waals surface area contributed by atoms with Gasteiger partial charge in [-0.2, -0.15) is 0 Å². The van der Waals surface area contributed by atoms with E-state index in [-0.39, 0.29) is 0 Å². The standard InChI is InChI=1S/C16H14ClNO/c1-12-11-15(8-9-16(12)17)19-10-4-7-14-6-3-5-13(2)18-14/h3,5-6,8-9,11H,10H2,1-2H3. The topological polar surface area (TPSA) is 22.1 Å². The van der Waals surface area contributed by atoms with Crippen molar-refractivity contribution in [3.8, 4) is 17.6 Å². The predicted molar refractivity (Wildman–Crippen MR) is 77.5 cm³/mol. The van der Waals surface area contributed by atoms with Crippen LogP contribution >= 0.6 is 11.6 Å². The molecule has 0 N–H and O–H groups in total. The summed E-state index contributed by atoms with van der Waals surface area (Å²) in [4.78, 5) is 4.30. The highest BCUT2D eigenvalue weighted by Crippen LogP contribution is 2.20. The smallest absolute Gasteiger partial charge is 0.149 e. The molecule has 0 saturated heterocycles. The molecule has 0 aliphatic heterocycles. The van der Waals surface area contributed by atoms with Crippen molar-refractivity contribution in [1.29, 1.82) is 0 Å². The molecule has 0 aliphatic carbocycles. The molecule has 0 aliphatic rings. The molecule has 0 fully saturated rings. The molecule has 0 spiro atoms. The monoisotopic (exact) mass is 271 g/mol. The molecule has 2 rings (SSSR count). The van der Waals surface area contributed by atoms with E-state index in [1.807, 2.05) is 50.2 Å². The molecule has 3 heteroatoms. The van der Waals surface area contributed by atoms with Crippen molar-refractivity contribution >= 4 is 11.6 Å². The molecule has 1 aromatic heterocycles. The van der Waals surface area contributed by atoms with Crippen molar-refractivity contribution in [2.45, 2.75) is 13.8 Å². The number of hydrogen-bond donors (Lipinski definition) is 0. The van der Waals surface area contributed by atoms with E-state index in [0.29, 0.717) is 6.61 Å². The van der Waals surface area contributed by atoms with Crippen molar-refractivity contribution in [3.05, 3.63) is 58.4 Å². The van der Waals surface area contributed by atoms with Gasteiger partial charge in [-0.15, -0.1) is 0 Å². The number of hydrogen-bond acceptors (Lipinski definition) is 2. The van der Waals surface area contributed by atoms with E-state index < -0.39 is 0 Å². The summed E-state index contributed by atoms with van der Waals surface area (Å²) < 4.78 is 5.53. The quantitative estimate of drug-likeness (QED) is 0.776. The Morgan fingerprint density at radius 2 is 2.05 bits per heavy atom. The first-order valence-electron chi connectivity index (χ1n) is 5.96. The molecular formula is C16H14ClNO. The Kier molecular flexibility index (Phi) is 4.43. The lowest BCUT2D eigenvalue weighted by atomic mass is 10.2. The second-order valence-corrected chi connectivity index (χ2v) is 4.57. The molecule has 0 radical (unpaired) electrons. The minimum atomic E-state index is 0.330. The fourth-order valence-electron chi connectivity index (χ4n) is 1.57. The summed E-state index contributed by atoms with van der Waals surface area (Å²) >= 11 is 5.95. The summed E-state index contributed by atoms with van der Waals surface area (Å²) in [5, 5.41) is 0.738. The van der Waals surface area contributed by atoms with Crippen LogP contribution in [0, 0.1) is 25.7 Å². The van der Waals surface area contributed by atoms with Crippen LogP contribution in [0.5, 0.6) is 5.75 Å². The molecule has 0 amide bonds. The molecule has 0 atom stereocenters. The number of aromatic nitrogens is 1. The van der Waals surface area contributed by atoms with E-state index in [1.165, 1.54) is 0 Å². The fourth-order valence-corrected chi connectivity index (χ4v) is 1.68. The SMILES string of the molecule is Cc1cccc(C#CCOc2ccc(Cl)c(C)c2)n1. The van der Waals surface area contributed by atoms with E-state index in [1.54, 1.807) is 0 Å². The number of aryl methyl sites for hydroxylation is 2. The number of pyridine rings is 1. The van der Waals surface area contributed by atoms with Crippen LogP contribution in [-0.2, 0) is 0 Å². The number of halogens is 1. The molecule has 96 valence electrons.